The van der Waals surface area contributed by atoms with Gasteiger partial charge in [-0.2, -0.15) is 4.31 Å². The van der Waals surface area contributed by atoms with Crippen LogP contribution >= 0.6 is 11.8 Å². The van der Waals surface area contributed by atoms with Crippen molar-refractivity contribution in [2.24, 2.45) is 0 Å². The molecule has 0 saturated carbocycles. The number of fused-ring (bicyclic) bond motifs is 1. The number of carbonyl (C=O) groups is 1. The third-order valence-electron chi connectivity index (χ3n) is 5.13. The van der Waals surface area contributed by atoms with Crippen molar-refractivity contribution in [3.05, 3.63) is 72.5 Å². The minimum absolute atomic E-state index is 0.0490. The molecule has 0 bridgehead atoms. The minimum atomic E-state index is -3.61. The van der Waals surface area contributed by atoms with Crippen molar-refractivity contribution in [2.75, 3.05) is 31.9 Å². The summed E-state index contributed by atoms with van der Waals surface area (Å²) in [6.45, 7) is 1.25. The molecule has 5 nitrogen and oxygen atoms in total. The van der Waals surface area contributed by atoms with E-state index in [2.05, 4.69) is 0 Å². The maximum atomic E-state index is 13.0. The molecule has 1 aliphatic heterocycles. The fourth-order valence-corrected chi connectivity index (χ4v) is 5.68. The number of piperazine rings is 1. The first-order valence-corrected chi connectivity index (χ1v) is 12.0. The van der Waals surface area contributed by atoms with E-state index in [1.165, 1.54) is 28.2 Å². The first-order chi connectivity index (χ1) is 14.4. The van der Waals surface area contributed by atoms with E-state index in [-0.39, 0.29) is 35.5 Å². The van der Waals surface area contributed by atoms with Gasteiger partial charge in [-0.15, -0.1) is 11.8 Å². The normalized spacial score (nSPS) is 15.4. The molecule has 1 fully saturated rings. The number of amides is 1. The highest BCUT2D eigenvalue weighted by molar-refractivity contribution is 8.00. The molecule has 0 atom stereocenters. The maximum absolute atomic E-state index is 13.0. The Morgan fingerprint density at radius 1 is 0.900 bits per heavy atom. The summed E-state index contributed by atoms with van der Waals surface area (Å²) in [5, 5.41) is 1.87. The number of benzene rings is 3. The Morgan fingerprint density at radius 2 is 1.57 bits per heavy atom. The lowest BCUT2D eigenvalue weighted by Crippen LogP contribution is -2.50. The Balaban J connectivity index is 1.36. The molecule has 30 heavy (non-hydrogen) atoms. The number of hydrogen-bond acceptors (Lipinski definition) is 4. The highest BCUT2D eigenvalue weighted by Gasteiger charge is 2.30. The summed E-state index contributed by atoms with van der Waals surface area (Å²) in [5.41, 5.74) is 0. The topological polar surface area (TPSA) is 57.7 Å². The van der Waals surface area contributed by atoms with E-state index in [0.717, 1.165) is 15.7 Å². The second-order valence-corrected chi connectivity index (χ2v) is 10.0. The lowest BCUT2D eigenvalue weighted by Gasteiger charge is -2.34. The van der Waals surface area contributed by atoms with Crippen LogP contribution in [0.15, 0.2) is 76.5 Å². The Morgan fingerprint density at radius 3 is 2.27 bits per heavy atom. The molecule has 0 N–H and O–H groups in total. The van der Waals surface area contributed by atoms with Crippen molar-refractivity contribution in [1.82, 2.24) is 9.21 Å². The summed E-state index contributed by atoms with van der Waals surface area (Å²) in [6, 6.07) is 18.8. The van der Waals surface area contributed by atoms with Gasteiger partial charge in [0.25, 0.3) is 0 Å². The van der Waals surface area contributed by atoms with E-state index in [1.54, 1.807) is 29.2 Å². The van der Waals surface area contributed by atoms with Gasteiger partial charge in [0.15, 0.2) is 0 Å². The highest BCUT2D eigenvalue weighted by Crippen LogP contribution is 2.23. The maximum Gasteiger partial charge on any atom is 0.243 e. The molecule has 1 aliphatic rings. The van der Waals surface area contributed by atoms with E-state index >= 15 is 0 Å². The Kier molecular flexibility index (Phi) is 6.08. The predicted molar refractivity (Wildman–Crippen MR) is 116 cm³/mol. The minimum Gasteiger partial charge on any atom is -0.339 e. The Hall–Kier alpha value is -2.42. The van der Waals surface area contributed by atoms with Crippen molar-refractivity contribution in [3.63, 3.8) is 0 Å². The molecule has 3 aromatic rings. The molecule has 0 aromatic heterocycles. The Labute approximate surface area is 179 Å². The third-order valence-corrected chi connectivity index (χ3v) is 8.02. The van der Waals surface area contributed by atoms with Crippen molar-refractivity contribution in [2.45, 2.75) is 9.79 Å². The van der Waals surface area contributed by atoms with E-state index in [0.29, 0.717) is 13.1 Å². The summed E-state index contributed by atoms with van der Waals surface area (Å²) in [5.74, 6) is -0.121. The van der Waals surface area contributed by atoms with Crippen LogP contribution in [0.2, 0.25) is 0 Å². The molecule has 0 unspecified atom stereocenters. The molecule has 0 aliphatic carbocycles. The Bertz CT molecular complexity index is 1160. The third kappa shape index (κ3) is 4.50. The zero-order valence-electron chi connectivity index (χ0n) is 16.2. The van der Waals surface area contributed by atoms with Crippen LogP contribution in [0.4, 0.5) is 4.39 Å². The molecular weight excluding hydrogens is 423 g/mol. The summed E-state index contributed by atoms with van der Waals surface area (Å²) < 4.78 is 40.5. The smallest absolute Gasteiger partial charge is 0.243 e. The number of thioether (sulfide) groups is 1. The van der Waals surface area contributed by atoms with Gasteiger partial charge in [-0.3, -0.25) is 4.79 Å². The molecule has 3 aromatic carbocycles. The van der Waals surface area contributed by atoms with Gasteiger partial charge in [0.2, 0.25) is 15.9 Å². The molecule has 4 rings (SSSR count). The largest absolute Gasteiger partial charge is 0.339 e. The monoisotopic (exact) mass is 444 g/mol. The van der Waals surface area contributed by atoms with Gasteiger partial charge < -0.3 is 4.90 Å². The van der Waals surface area contributed by atoms with Crippen LogP contribution in [0.3, 0.4) is 0 Å². The zero-order chi connectivity index (χ0) is 21.1. The fourth-order valence-electron chi connectivity index (χ4n) is 3.42. The highest BCUT2D eigenvalue weighted by atomic mass is 32.2. The van der Waals surface area contributed by atoms with E-state index < -0.39 is 10.0 Å². The first kappa shape index (κ1) is 20.8. The number of halogens is 1. The van der Waals surface area contributed by atoms with Gasteiger partial charge in [-0.1, -0.05) is 30.3 Å². The van der Waals surface area contributed by atoms with Gasteiger partial charge in [0.05, 0.1) is 10.6 Å². The van der Waals surface area contributed by atoms with Crippen LogP contribution in [-0.2, 0) is 14.8 Å². The van der Waals surface area contributed by atoms with Crippen LogP contribution in [0, 0.1) is 5.82 Å². The van der Waals surface area contributed by atoms with Crippen LogP contribution in [0.5, 0.6) is 0 Å². The van der Waals surface area contributed by atoms with E-state index in [4.69, 9.17) is 0 Å². The van der Waals surface area contributed by atoms with Crippen molar-refractivity contribution in [1.29, 1.82) is 0 Å². The zero-order valence-corrected chi connectivity index (χ0v) is 17.8. The van der Waals surface area contributed by atoms with Gasteiger partial charge in [-0.25, -0.2) is 12.8 Å². The fraction of sp³-hybridized carbons (Fsp3) is 0.227. The molecule has 1 heterocycles. The first-order valence-electron chi connectivity index (χ1n) is 9.58. The molecular formula is C22H21FN2O3S2. The van der Waals surface area contributed by atoms with Crippen LogP contribution < -0.4 is 0 Å². The van der Waals surface area contributed by atoms with Crippen molar-refractivity contribution in [3.8, 4) is 0 Å². The van der Waals surface area contributed by atoms with E-state index in [1.807, 2.05) is 30.3 Å². The quantitative estimate of drug-likeness (QED) is 0.564. The molecule has 156 valence electrons. The molecule has 0 spiro atoms. The molecule has 8 heteroatoms. The van der Waals surface area contributed by atoms with Gasteiger partial charge >= 0.3 is 0 Å². The van der Waals surface area contributed by atoms with Crippen molar-refractivity contribution >= 4 is 38.5 Å². The average Bonchev–Trinajstić information content (AvgIpc) is 2.78. The van der Waals surface area contributed by atoms with Gasteiger partial charge in [-0.05, 0) is 47.2 Å². The summed E-state index contributed by atoms with van der Waals surface area (Å²) >= 11 is 1.35. The summed E-state index contributed by atoms with van der Waals surface area (Å²) in [6.07, 6.45) is 0. The summed E-state index contributed by atoms with van der Waals surface area (Å²) in [7, 11) is -3.61. The van der Waals surface area contributed by atoms with Crippen LogP contribution in [-0.4, -0.2) is 55.5 Å². The lowest BCUT2D eigenvalue weighted by atomic mass is 10.1. The standard InChI is InChI=1S/C22H21FN2O3S2/c23-19-6-8-20(9-7-19)29-16-22(26)24-11-13-25(14-12-24)30(27,28)21-10-5-17-3-1-2-4-18(17)15-21/h1-10,15H,11-14,16H2. The second-order valence-electron chi connectivity index (χ2n) is 7.04. The molecule has 1 amide bonds. The average molecular weight is 445 g/mol. The molecule has 0 radical (unpaired) electrons. The molecule has 1 saturated heterocycles. The van der Waals surface area contributed by atoms with Crippen molar-refractivity contribution < 1.29 is 17.6 Å². The van der Waals surface area contributed by atoms with Gasteiger partial charge in [0, 0.05) is 31.1 Å². The number of sulfonamides is 1. The van der Waals surface area contributed by atoms with Gasteiger partial charge in [0.1, 0.15) is 5.82 Å². The summed E-state index contributed by atoms with van der Waals surface area (Å²) in [4.78, 5) is 15.3. The number of carbonyl (C=O) groups excluding carboxylic acids is 1. The number of nitrogens with zero attached hydrogens (tertiary/aromatic N) is 2. The van der Waals surface area contributed by atoms with E-state index in [9.17, 15) is 17.6 Å². The SMILES string of the molecule is O=C(CSc1ccc(F)cc1)N1CCN(S(=O)(=O)c2ccc3ccccc3c2)CC1. The lowest BCUT2D eigenvalue weighted by molar-refractivity contribution is -0.129. The number of hydrogen-bond donors (Lipinski definition) is 0. The van der Waals surface area contributed by atoms with Crippen LogP contribution in [0.25, 0.3) is 10.8 Å². The number of rotatable bonds is 5. The van der Waals surface area contributed by atoms with Crippen LogP contribution in [0.1, 0.15) is 0 Å². The second kappa shape index (κ2) is 8.75. The predicted octanol–water partition coefficient (Wildman–Crippen LogP) is 3.60.